The third kappa shape index (κ3) is 5.58. The largest absolute Gasteiger partial charge is 0.492 e. The Bertz CT molecular complexity index is 910. The van der Waals surface area contributed by atoms with E-state index in [1.165, 1.54) is 0 Å². The van der Waals surface area contributed by atoms with E-state index >= 15 is 0 Å². The van der Waals surface area contributed by atoms with Crippen molar-refractivity contribution in [2.24, 2.45) is 0 Å². The molecule has 0 fully saturated rings. The van der Waals surface area contributed by atoms with Crippen molar-refractivity contribution in [3.05, 3.63) is 71.4 Å². The minimum Gasteiger partial charge on any atom is -0.492 e. The maximum absolute atomic E-state index is 12.4. The summed E-state index contributed by atoms with van der Waals surface area (Å²) >= 11 is 5.86. The second-order valence-electron chi connectivity index (χ2n) is 6.51. The Kier molecular flexibility index (Phi) is 6.68. The van der Waals surface area contributed by atoms with Gasteiger partial charge in [0.2, 0.25) is 5.91 Å². The zero-order valence-corrected chi connectivity index (χ0v) is 16.7. The number of aromatic nitrogens is 2. The fourth-order valence-corrected chi connectivity index (χ4v) is 2.84. The first kappa shape index (κ1) is 19.9. The highest BCUT2D eigenvalue weighted by Crippen LogP contribution is 2.17. The number of carbonyl (C=O) groups is 1. The van der Waals surface area contributed by atoms with E-state index in [0.717, 1.165) is 17.1 Å². The maximum Gasteiger partial charge on any atom is 0.239 e. The van der Waals surface area contributed by atoms with Gasteiger partial charge < -0.3 is 10.1 Å². The zero-order chi connectivity index (χ0) is 19.9. The van der Waals surface area contributed by atoms with Gasteiger partial charge in [0.05, 0.1) is 17.9 Å². The number of carbonyl (C=O) groups excluding carboxylic acids is 1. The first-order chi connectivity index (χ1) is 13.5. The molecule has 1 aromatic heterocycles. The number of ether oxygens (including phenoxy) is 1. The Morgan fingerprint density at radius 2 is 1.89 bits per heavy atom. The second-order valence-corrected chi connectivity index (χ2v) is 6.94. The molecule has 0 aliphatic carbocycles. The van der Waals surface area contributed by atoms with Gasteiger partial charge in [-0.15, -0.1) is 0 Å². The van der Waals surface area contributed by atoms with Crippen LogP contribution >= 0.6 is 11.6 Å². The van der Waals surface area contributed by atoms with Gasteiger partial charge in [-0.05, 0) is 50.4 Å². The number of nitrogens with zero attached hydrogens (tertiary/aromatic N) is 3. The molecule has 0 aliphatic heterocycles. The molecule has 3 rings (SSSR count). The average Bonchev–Trinajstić information content (AvgIpc) is 3.04. The number of rotatable bonds is 8. The van der Waals surface area contributed by atoms with Crippen LogP contribution in [0, 0.1) is 6.92 Å². The average molecular weight is 399 g/mol. The van der Waals surface area contributed by atoms with Gasteiger partial charge in [-0.1, -0.05) is 29.8 Å². The molecule has 3 aromatic rings. The van der Waals surface area contributed by atoms with Gasteiger partial charge in [-0.25, -0.2) is 4.68 Å². The van der Waals surface area contributed by atoms with E-state index < -0.39 is 0 Å². The van der Waals surface area contributed by atoms with Crippen molar-refractivity contribution in [3.8, 4) is 11.4 Å². The van der Waals surface area contributed by atoms with Crippen molar-refractivity contribution >= 4 is 23.3 Å². The van der Waals surface area contributed by atoms with Gasteiger partial charge in [0.15, 0.2) is 0 Å². The first-order valence-electron chi connectivity index (χ1n) is 9.00. The minimum atomic E-state index is -0.105. The standard InChI is InChI=1S/C21H23ClN4O2/c1-16-14-20(26(24-16)18-6-4-3-5-7-18)23-21(27)15-25(2)12-13-28-19-10-8-17(22)9-11-19/h3-11,14H,12-13,15H2,1-2H3,(H,23,27). The van der Waals surface area contributed by atoms with E-state index in [0.29, 0.717) is 24.0 Å². The van der Waals surface area contributed by atoms with Crippen LogP contribution in [-0.4, -0.2) is 47.3 Å². The zero-order valence-electron chi connectivity index (χ0n) is 15.9. The molecule has 6 nitrogen and oxygen atoms in total. The van der Waals surface area contributed by atoms with Crippen LogP contribution in [0.2, 0.25) is 5.02 Å². The van der Waals surface area contributed by atoms with Crippen LogP contribution in [-0.2, 0) is 4.79 Å². The van der Waals surface area contributed by atoms with Gasteiger partial charge >= 0.3 is 0 Å². The van der Waals surface area contributed by atoms with Crippen LogP contribution in [0.5, 0.6) is 5.75 Å². The smallest absolute Gasteiger partial charge is 0.239 e. The van der Waals surface area contributed by atoms with Crippen molar-refractivity contribution in [2.45, 2.75) is 6.92 Å². The van der Waals surface area contributed by atoms with Gasteiger partial charge in [0.1, 0.15) is 18.2 Å². The van der Waals surface area contributed by atoms with Crippen molar-refractivity contribution in [2.75, 3.05) is 32.1 Å². The number of para-hydroxylation sites is 1. The molecule has 0 unspecified atom stereocenters. The molecule has 0 spiro atoms. The Morgan fingerprint density at radius 1 is 1.18 bits per heavy atom. The van der Waals surface area contributed by atoms with E-state index in [9.17, 15) is 4.79 Å². The highest BCUT2D eigenvalue weighted by Gasteiger charge is 2.12. The van der Waals surface area contributed by atoms with Crippen LogP contribution < -0.4 is 10.1 Å². The third-order valence-electron chi connectivity index (χ3n) is 4.07. The van der Waals surface area contributed by atoms with Crippen molar-refractivity contribution in [1.82, 2.24) is 14.7 Å². The van der Waals surface area contributed by atoms with Gasteiger partial charge in [0.25, 0.3) is 0 Å². The number of amides is 1. The monoisotopic (exact) mass is 398 g/mol. The molecule has 1 heterocycles. The Labute approximate surface area is 169 Å². The molecule has 1 amide bonds. The van der Waals surface area contributed by atoms with Crippen molar-refractivity contribution in [3.63, 3.8) is 0 Å². The van der Waals surface area contributed by atoms with Gasteiger partial charge in [0, 0.05) is 17.6 Å². The summed E-state index contributed by atoms with van der Waals surface area (Å²) in [6.07, 6.45) is 0. The lowest BCUT2D eigenvalue weighted by molar-refractivity contribution is -0.117. The maximum atomic E-state index is 12.4. The topological polar surface area (TPSA) is 59.4 Å². The number of halogens is 1. The van der Waals surface area contributed by atoms with Gasteiger partial charge in [-0.3, -0.25) is 9.69 Å². The van der Waals surface area contributed by atoms with E-state index in [2.05, 4.69) is 10.4 Å². The number of anilines is 1. The molecular formula is C21H23ClN4O2. The highest BCUT2D eigenvalue weighted by molar-refractivity contribution is 6.30. The second kappa shape index (κ2) is 9.39. The summed E-state index contributed by atoms with van der Waals surface area (Å²) in [5, 5.41) is 8.07. The minimum absolute atomic E-state index is 0.105. The molecule has 146 valence electrons. The fraction of sp³-hybridized carbons (Fsp3) is 0.238. The molecule has 0 saturated carbocycles. The molecule has 0 bridgehead atoms. The summed E-state index contributed by atoms with van der Waals surface area (Å²) < 4.78 is 7.40. The van der Waals surface area contributed by atoms with E-state index in [4.69, 9.17) is 16.3 Å². The number of hydrogen-bond acceptors (Lipinski definition) is 4. The van der Waals surface area contributed by atoms with Crippen LogP contribution in [0.3, 0.4) is 0 Å². The van der Waals surface area contributed by atoms with Crippen LogP contribution in [0.25, 0.3) is 5.69 Å². The Hall–Kier alpha value is -2.83. The number of likely N-dealkylation sites (N-methyl/N-ethyl adjacent to an activating group) is 1. The number of aryl methyl sites for hydroxylation is 1. The third-order valence-corrected chi connectivity index (χ3v) is 4.32. The predicted octanol–water partition coefficient (Wildman–Crippen LogP) is 3.78. The fourth-order valence-electron chi connectivity index (χ4n) is 2.71. The summed E-state index contributed by atoms with van der Waals surface area (Å²) in [6, 6.07) is 18.8. The summed E-state index contributed by atoms with van der Waals surface area (Å²) in [5.41, 5.74) is 1.74. The lowest BCUT2D eigenvalue weighted by Crippen LogP contribution is -2.33. The Balaban J connectivity index is 1.51. The molecule has 0 radical (unpaired) electrons. The summed E-state index contributed by atoms with van der Waals surface area (Å²) in [5.74, 6) is 1.30. The molecule has 0 saturated heterocycles. The molecule has 2 aromatic carbocycles. The highest BCUT2D eigenvalue weighted by atomic mass is 35.5. The lowest BCUT2D eigenvalue weighted by atomic mass is 10.3. The molecule has 7 heteroatoms. The van der Waals surface area contributed by atoms with Crippen LogP contribution in [0.15, 0.2) is 60.7 Å². The number of hydrogen-bond donors (Lipinski definition) is 1. The normalized spacial score (nSPS) is 10.9. The molecular weight excluding hydrogens is 376 g/mol. The van der Waals surface area contributed by atoms with Crippen LogP contribution in [0.1, 0.15) is 5.69 Å². The van der Waals surface area contributed by atoms with Gasteiger partial charge in [-0.2, -0.15) is 5.10 Å². The van der Waals surface area contributed by atoms with E-state index in [1.54, 1.807) is 16.8 Å². The summed E-state index contributed by atoms with van der Waals surface area (Å²) in [6.45, 7) is 3.25. The number of benzene rings is 2. The Morgan fingerprint density at radius 3 is 2.61 bits per heavy atom. The summed E-state index contributed by atoms with van der Waals surface area (Å²) in [7, 11) is 1.88. The molecule has 0 aliphatic rings. The quantitative estimate of drug-likeness (QED) is 0.627. The SMILES string of the molecule is Cc1cc(NC(=O)CN(C)CCOc2ccc(Cl)cc2)n(-c2ccccc2)n1. The summed E-state index contributed by atoms with van der Waals surface area (Å²) in [4.78, 5) is 14.3. The first-order valence-corrected chi connectivity index (χ1v) is 9.38. The van der Waals surface area contributed by atoms with Crippen molar-refractivity contribution < 1.29 is 9.53 Å². The molecule has 1 N–H and O–H groups in total. The number of nitrogens with one attached hydrogen (secondary N) is 1. The predicted molar refractivity (Wildman–Crippen MR) is 111 cm³/mol. The van der Waals surface area contributed by atoms with Crippen molar-refractivity contribution in [1.29, 1.82) is 0 Å². The van der Waals surface area contributed by atoms with E-state index in [-0.39, 0.29) is 12.5 Å². The lowest BCUT2D eigenvalue weighted by Gasteiger charge is -2.17. The van der Waals surface area contributed by atoms with E-state index in [1.807, 2.05) is 67.4 Å². The molecule has 28 heavy (non-hydrogen) atoms. The van der Waals surface area contributed by atoms with Crippen LogP contribution in [0.4, 0.5) is 5.82 Å². The molecule has 0 atom stereocenters.